The highest BCUT2D eigenvalue weighted by Gasteiger charge is 2.19. The van der Waals surface area contributed by atoms with Crippen molar-refractivity contribution in [3.05, 3.63) is 41.9 Å². The molecule has 1 N–H and O–H groups in total. The van der Waals surface area contributed by atoms with E-state index < -0.39 is 11.6 Å². The molecule has 2 aromatic rings. The van der Waals surface area contributed by atoms with Crippen LogP contribution in [0.1, 0.15) is 25.2 Å². The van der Waals surface area contributed by atoms with Crippen molar-refractivity contribution in [3.63, 3.8) is 0 Å². The van der Waals surface area contributed by atoms with Crippen LogP contribution in [0.15, 0.2) is 28.8 Å². The van der Waals surface area contributed by atoms with Crippen LogP contribution in [0.4, 0.5) is 8.78 Å². The molecule has 106 valence electrons. The molecule has 0 atom stereocenters. The summed E-state index contributed by atoms with van der Waals surface area (Å²) in [5.74, 6) is -0.951. The van der Waals surface area contributed by atoms with Gasteiger partial charge in [0.25, 0.3) is 0 Å². The minimum absolute atomic E-state index is 0.111. The third kappa shape index (κ3) is 3.04. The molecule has 0 radical (unpaired) electrons. The van der Waals surface area contributed by atoms with E-state index in [1.807, 2.05) is 0 Å². The molecule has 20 heavy (non-hydrogen) atoms. The van der Waals surface area contributed by atoms with Crippen molar-refractivity contribution < 1.29 is 13.2 Å². The molecule has 1 aromatic heterocycles. The van der Waals surface area contributed by atoms with Crippen molar-refractivity contribution in [3.8, 4) is 11.3 Å². The van der Waals surface area contributed by atoms with Gasteiger partial charge in [-0.1, -0.05) is 6.07 Å². The quantitative estimate of drug-likeness (QED) is 0.824. The van der Waals surface area contributed by atoms with E-state index in [9.17, 15) is 8.78 Å². The highest BCUT2D eigenvalue weighted by molar-refractivity contribution is 5.57. The molecule has 3 rings (SSSR count). The van der Waals surface area contributed by atoms with Crippen LogP contribution in [0.25, 0.3) is 11.3 Å². The van der Waals surface area contributed by atoms with Gasteiger partial charge in [0, 0.05) is 12.5 Å². The van der Waals surface area contributed by atoms with Crippen LogP contribution in [0.5, 0.6) is 0 Å². The van der Waals surface area contributed by atoms with Crippen molar-refractivity contribution in [2.24, 2.45) is 0 Å². The Hall–Kier alpha value is -1.75. The number of benzene rings is 1. The van der Waals surface area contributed by atoms with Gasteiger partial charge in [-0.3, -0.25) is 0 Å². The summed E-state index contributed by atoms with van der Waals surface area (Å²) in [5.41, 5.74) is 0.111. The lowest BCUT2D eigenvalue weighted by atomic mass is 10.2. The maximum Gasteiger partial charge on any atom is 0.194 e. The molecular formula is C15H16F2N2O. The second-order valence-electron chi connectivity index (χ2n) is 5.05. The van der Waals surface area contributed by atoms with E-state index in [-0.39, 0.29) is 11.3 Å². The van der Waals surface area contributed by atoms with Gasteiger partial charge in [-0.05, 0) is 37.9 Å². The Kier molecular flexibility index (Phi) is 3.78. The van der Waals surface area contributed by atoms with Gasteiger partial charge in [-0.25, -0.2) is 13.8 Å². The molecule has 0 spiro atoms. The Balaban J connectivity index is 1.62. The topological polar surface area (TPSA) is 38.1 Å². The highest BCUT2D eigenvalue weighted by Crippen LogP contribution is 2.25. The number of halogens is 2. The van der Waals surface area contributed by atoms with E-state index in [1.165, 1.54) is 31.2 Å². The van der Waals surface area contributed by atoms with Gasteiger partial charge < -0.3 is 9.73 Å². The number of hydrogen-bond donors (Lipinski definition) is 1. The van der Waals surface area contributed by atoms with Gasteiger partial charge in [-0.2, -0.15) is 0 Å². The first-order chi connectivity index (χ1) is 9.74. The van der Waals surface area contributed by atoms with Crippen molar-refractivity contribution in [1.29, 1.82) is 0 Å². The van der Waals surface area contributed by atoms with E-state index in [0.717, 1.165) is 19.0 Å². The summed E-state index contributed by atoms with van der Waals surface area (Å²) in [6, 6.07) is 4.71. The first kappa shape index (κ1) is 13.2. The summed E-state index contributed by atoms with van der Waals surface area (Å²) in [6.45, 7) is 0.927. The summed E-state index contributed by atoms with van der Waals surface area (Å²) in [6.07, 6.45) is 5.59. The zero-order valence-corrected chi connectivity index (χ0v) is 11.0. The number of aryl methyl sites for hydroxylation is 1. The van der Waals surface area contributed by atoms with E-state index in [2.05, 4.69) is 10.3 Å². The lowest BCUT2D eigenvalue weighted by molar-refractivity contribution is 0.479. The first-order valence-electron chi connectivity index (χ1n) is 6.86. The molecule has 0 unspecified atom stereocenters. The van der Waals surface area contributed by atoms with Crippen LogP contribution in [0.3, 0.4) is 0 Å². The molecule has 1 aliphatic rings. The van der Waals surface area contributed by atoms with Gasteiger partial charge in [0.15, 0.2) is 23.3 Å². The van der Waals surface area contributed by atoms with Crippen molar-refractivity contribution in [2.75, 3.05) is 6.54 Å². The average Bonchev–Trinajstić information content (AvgIpc) is 3.15. The fraction of sp³-hybridized carbons (Fsp3) is 0.400. The summed E-state index contributed by atoms with van der Waals surface area (Å²) >= 11 is 0. The van der Waals surface area contributed by atoms with Crippen molar-refractivity contribution >= 4 is 0 Å². The lowest BCUT2D eigenvalue weighted by Gasteiger charge is -2.01. The third-order valence-electron chi connectivity index (χ3n) is 3.35. The Bertz CT molecular complexity index is 593. The molecule has 3 nitrogen and oxygen atoms in total. The Morgan fingerprint density at radius 3 is 2.95 bits per heavy atom. The zero-order chi connectivity index (χ0) is 13.9. The third-order valence-corrected chi connectivity index (χ3v) is 3.35. The first-order valence-corrected chi connectivity index (χ1v) is 6.86. The highest BCUT2D eigenvalue weighted by atomic mass is 19.2. The van der Waals surface area contributed by atoms with Gasteiger partial charge in [0.1, 0.15) is 0 Å². The number of aromatic nitrogens is 1. The smallest absolute Gasteiger partial charge is 0.194 e. The molecule has 0 saturated heterocycles. The van der Waals surface area contributed by atoms with Gasteiger partial charge in [0.2, 0.25) is 0 Å². The Morgan fingerprint density at radius 2 is 2.15 bits per heavy atom. The predicted octanol–water partition coefficient (Wildman–Crippen LogP) is 3.30. The Labute approximate surface area is 116 Å². The van der Waals surface area contributed by atoms with E-state index in [4.69, 9.17) is 4.42 Å². The fourth-order valence-electron chi connectivity index (χ4n) is 2.08. The minimum Gasteiger partial charge on any atom is -0.441 e. The SMILES string of the molecule is Fc1cccc(-c2cnc(CCCNC3CC3)o2)c1F. The van der Waals surface area contributed by atoms with Crippen LogP contribution >= 0.6 is 0 Å². The monoisotopic (exact) mass is 278 g/mol. The Morgan fingerprint density at radius 1 is 1.30 bits per heavy atom. The molecule has 1 heterocycles. The molecule has 0 aliphatic heterocycles. The number of nitrogens with one attached hydrogen (secondary N) is 1. The molecule has 1 fully saturated rings. The summed E-state index contributed by atoms with van der Waals surface area (Å²) < 4.78 is 32.3. The summed E-state index contributed by atoms with van der Waals surface area (Å²) in [5, 5.41) is 3.40. The largest absolute Gasteiger partial charge is 0.441 e. The second-order valence-corrected chi connectivity index (χ2v) is 5.05. The number of hydrogen-bond acceptors (Lipinski definition) is 3. The van der Waals surface area contributed by atoms with Crippen LogP contribution in [0, 0.1) is 11.6 Å². The zero-order valence-electron chi connectivity index (χ0n) is 11.0. The molecule has 1 saturated carbocycles. The van der Waals surface area contributed by atoms with Crippen molar-refractivity contribution in [2.45, 2.75) is 31.7 Å². The van der Waals surface area contributed by atoms with E-state index >= 15 is 0 Å². The summed E-state index contributed by atoms with van der Waals surface area (Å²) in [4.78, 5) is 4.11. The molecule has 1 aliphatic carbocycles. The van der Waals surface area contributed by atoms with Gasteiger partial charge in [-0.15, -0.1) is 0 Å². The van der Waals surface area contributed by atoms with Crippen LogP contribution in [0.2, 0.25) is 0 Å². The van der Waals surface area contributed by atoms with E-state index in [0.29, 0.717) is 18.4 Å². The normalized spacial score (nSPS) is 14.7. The minimum atomic E-state index is -0.898. The molecule has 5 heteroatoms. The van der Waals surface area contributed by atoms with Crippen LogP contribution in [-0.2, 0) is 6.42 Å². The molecule has 1 aromatic carbocycles. The standard InChI is InChI=1S/C15H16F2N2O/c16-12-4-1-3-11(15(12)17)13-9-19-14(20-13)5-2-8-18-10-6-7-10/h1,3-4,9-10,18H,2,5-8H2. The van der Waals surface area contributed by atoms with Crippen molar-refractivity contribution in [1.82, 2.24) is 10.3 Å². The lowest BCUT2D eigenvalue weighted by Crippen LogP contribution is -2.17. The number of nitrogens with zero attached hydrogens (tertiary/aromatic N) is 1. The second kappa shape index (κ2) is 5.71. The molecular weight excluding hydrogens is 262 g/mol. The number of oxazole rings is 1. The predicted molar refractivity (Wildman–Crippen MR) is 71.2 cm³/mol. The van der Waals surface area contributed by atoms with Gasteiger partial charge in [0.05, 0.1) is 11.8 Å². The van der Waals surface area contributed by atoms with Gasteiger partial charge >= 0.3 is 0 Å². The van der Waals surface area contributed by atoms with Crippen LogP contribution < -0.4 is 5.32 Å². The fourth-order valence-corrected chi connectivity index (χ4v) is 2.08. The average molecular weight is 278 g/mol. The van der Waals surface area contributed by atoms with E-state index in [1.54, 1.807) is 0 Å². The maximum atomic E-state index is 13.6. The molecule has 0 amide bonds. The molecule has 0 bridgehead atoms. The van der Waals surface area contributed by atoms with Crippen LogP contribution in [-0.4, -0.2) is 17.6 Å². The summed E-state index contributed by atoms with van der Waals surface area (Å²) in [7, 11) is 0. The maximum absolute atomic E-state index is 13.6. The number of rotatable bonds is 6.